The van der Waals surface area contributed by atoms with Gasteiger partial charge in [0.25, 0.3) is 0 Å². The second-order valence-electron chi connectivity index (χ2n) is 2.84. The lowest BCUT2D eigenvalue weighted by atomic mass is 10.1. The molecule has 76 valence electrons. The van der Waals surface area contributed by atoms with E-state index in [0.29, 0.717) is 5.56 Å². The summed E-state index contributed by atoms with van der Waals surface area (Å²) >= 11 is 2.90. The Hall–Kier alpha value is -0.940. The van der Waals surface area contributed by atoms with Crippen molar-refractivity contribution in [1.29, 1.82) is 0 Å². The molecule has 14 heavy (non-hydrogen) atoms. The zero-order chi connectivity index (χ0) is 10.9. The topological polar surface area (TPSA) is 57.5 Å². The van der Waals surface area contributed by atoms with Gasteiger partial charge in [0.05, 0.1) is 4.47 Å². The highest BCUT2D eigenvalue weighted by molar-refractivity contribution is 9.10. The zero-order valence-electron chi connectivity index (χ0n) is 7.29. The SMILES string of the molecule is Cc1ccc(C(O)C(=O)O)c(Br)c1F. The number of carbonyl (C=O) groups is 1. The molecule has 0 radical (unpaired) electrons. The van der Waals surface area contributed by atoms with Crippen LogP contribution >= 0.6 is 15.9 Å². The maximum Gasteiger partial charge on any atom is 0.337 e. The number of hydrogen-bond acceptors (Lipinski definition) is 2. The van der Waals surface area contributed by atoms with E-state index < -0.39 is 17.9 Å². The van der Waals surface area contributed by atoms with Crippen molar-refractivity contribution in [2.45, 2.75) is 13.0 Å². The van der Waals surface area contributed by atoms with Crippen molar-refractivity contribution in [3.63, 3.8) is 0 Å². The largest absolute Gasteiger partial charge is 0.479 e. The number of aliphatic hydroxyl groups is 1. The summed E-state index contributed by atoms with van der Waals surface area (Å²) in [5.41, 5.74) is 0.402. The minimum Gasteiger partial charge on any atom is -0.479 e. The molecular formula is C9H8BrFO3. The van der Waals surface area contributed by atoms with Crippen LogP contribution < -0.4 is 0 Å². The van der Waals surface area contributed by atoms with Crippen LogP contribution in [0.25, 0.3) is 0 Å². The fourth-order valence-corrected chi connectivity index (χ4v) is 1.67. The van der Waals surface area contributed by atoms with E-state index >= 15 is 0 Å². The molecule has 1 atom stereocenters. The molecule has 0 aliphatic heterocycles. The zero-order valence-corrected chi connectivity index (χ0v) is 8.88. The van der Waals surface area contributed by atoms with Crippen molar-refractivity contribution in [2.75, 3.05) is 0 Å². The smallest absolute Gasteiger partial charge is 0.337 e. The summed E-state index contributed by atoms with van der Waals surface area (Å²) < 4.78 is 13.3. The number of aliphatic carboxylic acids is 1. The summed E-state index contributed by atoms with van der Waals surface area (Å²) in [5, 5.41) is 17.7. The van der Waals surface area contributed by atoms with Gasteiger partial charge in [-0.1, -0.05) is 12.1 Å². The minimum absolute atomic E-state index is 0.00704. The molecule has 2 N–H and O–H groups in total. The van der Waals surface area contributed by atoms with Gasteiger partial charge in [-0.3, -0.25) is 0 Å². The van der Waals surface area contributed by atoms with E-state index in [1.165, 1.54) is 12.1 Å². The number of halogens is 2. The molecule has 1 aromatic carbocycles. The van der Waals surface area contributed by atoms with Gasteiger partial charge < -0.3 is 10.2 Å². The summed E-state index contributed by atoms with van der Waals surface area (Å²) in [6.07, 6.45) is -1.71. The third kappa shape index (κ3) is 1.93. The standard InChI is InChI=1S/C9H8BrFO3/c1-4-2-3-5(6(10)7(4)11)8(12)9(13)14/h2-3,8,12H,1H3,(H,13,14). The van der Waals surface area contributed by atoms with Crippen LogP contribution in [0.5, 0.6) is 0 Å². The molecule has 0 bridgehead atoms. The van der Waals surface area contributed by atoms with Gasteiger partial charge in [0.1, 0.15) is 5.82 Å². The molecule has 1 aromatic rings. The number of hydrogen-bond donors (Lipinski definition) is 2. The molecule has 3 nitrogen and oxygen atoms in total. The lowest BCUT2D eigenvalue weighted by Gasteiger charge is -2.09. The Bertz CT molecular complexity index is 379. The van der Waals surface area contributed by atoms with E-state index in [4.69, 9.17) is 5.11 Å². The van der Waals surface area contributed by atoms with Crippen LogP contribution in [0, 0.1) is 12.7 Å². The predicted molar refractivity (Wildman–Crippen MR) is 51.4 cm³/mol. The summed E-state index contributed by atoms with van der Waals surface area (Å²) in [4.78, 5) is 10.5. The van der Waals surface area contributed by atoms with Gasteiger partial charge in [-0.05, 0) is 28.4 Å². The fraction of sp³-hybridized carbons (Fsp3) is 0.222. The fourth-order valence-electron chi connectivity index (χ4n) is 1.01. The molecule has 0 aliphatic rings. The molecule has 1 unspecified atom stereocenters. The lowest BCUT2D eigenvalue weighted by molar-refractivity contribution is -0.147. The number of aryl methyl sites for hydroxylation is 1. The number of aliphatic hydroxyl groups excluding tert-OH is 1. The number of benzene rings is 1. The van der Waals surface area contributed by atoms with Crippen molar-refractivity contribution in [2.24, 2.45) is 0 Å². The monoisotopic (exact) mass is 262 g/mol. The molecular weight excluding hydrogens is 255 g/mol. The van der Waals surface area contributed by atoms with E-state index in [9.17, 15) is 14.3 Å². The van der Waals surface area contributed by atoms with Gasteiger partial charge in [0, 0.05) is 5.56 Å². The Labute approximate surface area is 88.3 Å². The second kappa shape index (κ2) is 4.06. The Balaban J connectivity index is 3.24. The number of carboxylic acid groups (broad SMARTS) is 1. The second-order valence-corrected chi connectivity index (χ2v) is 3.63. The highest BCUT2D eigenvalue weighted by atomic mass is 79.9. The predicted octanol–water partition coefficient (Wildman–Crippen LogP) is 2.01. The van der Waals surface area contributed by atoms with Crippen molar-refractivity contribution in [3.8, 4) is 0 Å². The van der Waals surface area contributed by atoms with Crippen LogP contribution in [0.15, 0.2) is 16.6 Å². The highest BCUT2D eigenvalue weighted by Crippen LogP contribution is 2.28. The van der Waals surface area contributed by atoms with Gasteiger partial charge >= 0.3 is 5.97 Å². The van der Waals surface area contributed by atoms with Crippen LogP contribution in [0.4, 0.5) is 4.39 Å². The van der Waals surface area contributed by atoms with E-state index in [2.05, 4.69) is 15.9 Å². The van der Waals surface area contributed by atoms with Crippen molar-refractivity contribution in [1.82, 2.24) is 0 Å². The van der Waals surface area contributed by atoms with Crippen LogP contribution in [0.1, 0.15) is 17.2 Å². The van der Waals surface area contributed by atoms with Crippen LogP contribution in [-0.4, -0.2) is 16.2 Å². The third-order valence-corrected chi connectivity index (χ3v) is 2.64. The molecule has 0 spiro atoms. The Kier molecular flexibility index (Phi) is 3.23. The molecule has 0 saturated carbocycles. The van der Waals surface area contributed by atoms with Gasteiger partial charge in [-0.2, -0.15) is 0 Å². The first kappa shape index (κ1) is 11.1. The quantitative estimate of drug-likeness (QED) is 0.858. The maximum atomic E-state index is 13.3. The van der Waals surface area contributed by atoms with E-state index in [1.807, 2.05) is 0 Å². The molecule has 0 saturated heterocycles. The van der Waals surface area contributed by atoms with Crippen LogP contribution in [-0.2, 0) is 4.79 Å². The number of carboxylic acids is 1. The Morgan fingerprint density at radius 2 is 2.14 bits per heavy atom. The van der Waals surface area contributed by atoms with E-state index in [-0.39, 0.29) is 10.0 Å². The van der Waals surface area contributed by atoms with Crippen molar-refractivity contribution in [3.05, 3.63) is 33.5 Å². The molecule has 0 fully saturated rings. The number of rotatable bonds is 2. The average Bonchev–Trinajstić information content (AvgIpc) is 2.13. The minimum atomic E-state index is -1.71. The molecule has 0 amide bonds. The summed E-state index contributed by atoms with van der Waals surface area (Å²) in [6.45, 7) is 1.55. The van der Waals surface area contributed by atoms with Crippen LogP contribution in [0.3, 0.4) is 0 Å². The Morgan fingerprint density at radius 3 is 2.64 bits per heavy atom. The van der Waals surface area contributed by atoms with Gasteiger partial charge in [0.15, 0.2) is 6.10 Å². The molecule has 0 aliphatic carbocycles. The molecule has 5 heteroatoms. The maximum absolute atomic E-state index is 13.3. The Morgan fingerprint density at radius 1 is 1.57 bits per heavy atom. The van der Waals surface area contributed by atoms with Crippen LogP contribution in [0.2, 0.25) is 0 Å². The normalized spacial score (nSPS) is 12.6. The van der Waals surface area contributed by atoms with Gasteiger partial charge in [-0.15, -0.1) is 0 Å². The first-order chi connectivity index (χ1) is 6.45. The van der Waals surface area contributed by atoms with Crippen molar-refractivity contribution < 1.29 is 19.4 Å². The van der Waals surface area contributed by atoms with E-state index in [1.54, 1.807) is 6.92 Å². The molecule has 0 aromatic heterocycles. The third-order valence-electron chi connectivity index (χ3n) is 1.83. The molecule has 0 heterocycles. The summed E-state index contributed by atoms with van der Waals surface area (Å²) in [7, 11) is 0. The van der Waals surface area contributed by atoms with Crippen molar-refractivity contribution >= 4 is 21.9 Å². The summed E-state index contributed by atoms with van der Waals surface area (Å²) in [6, 6.07) is 2.79. The van der Waals surface area contributed by atoms with Gasteiger partial charge in [0.2, 0.25) is 0 Å². The lowest BCUT2D eigenvalue weighted by Crippen LogP contribution is -2.11. The van der Waals surface area contributed by atoms with Gasteiger partial charge in [-0.25, -0.2) is 9.18 Å². The summed E-state index contributed by atoms with van der Waals surface area (Å²) in [5.74, 6) is -1.96. The highest BCUT2D eigenvalue weighted by Gasteiger charge is 2.21. The molecule has 1 rings (SSSR count). The first-order valence-electron chi connectivity index (χ1n) is 3.80. The average molecular weight is 263 g/mol. The van der Waals surface area contributed by atoms with E-state index in [0.717, 1.165) is 0 Å². The first-order valence-corrected chi connectivity index (χ1v) is 4.59.